The first-order valence-electron chi connectivity index (χ1n) is 11.6. The van der Waals surface area contributed by atoms with Crippen molar-refractivity contribution in [3.8, 4) is 22.8 Å². The SMILES string of the molecule is COc1cccc(Cc2cnc(C3CCCN(C(=O)c4cc(-c5cccc(OC)c5)no4)C3)o2)c1. The van der Waals surface area contributed by atoms with E-state index >= 15 is 0 Å². The number of rotatable bonds is 7. The molecule has 35 heavy (non-hydrogen) atoms. The van der Waals surface area contributed by atoms with Gasteiger partial charge in [-0.2, -0.15) is 0 Å². The fourth-order valence-corrected chi connectivity index (χ4v) is 4.39. The topological polar surface area (TPSA) is 90.8 Å². The molecule has 0 saturated carbocycles. The molecule has 1 fully saturated rings. The van der Waals surface area contributed by atoms with Crippen molar-refractivity contribution in [2.75, 3.05) is 27.3 Å². The summed E-state index contributed by atoms with van der Waals surface area (Å²) in [5, 5.41) is 4.09. The van der Waals surface area contributed by atoms with Gasteiger partial charge in [0.15, 0.2) is 5.89 Å². The molecule has 1 atom stereocenters. The molecular weight excluding hydrogens is 446 g/mol. The third kappa shape index (κ3) is 5.06. The molecule has 3 heterocycles. The molecule has 4 aromatic rings. The summed E-state index contributed by atoms with van der Waals surface area (Å²) in [5.41, 5.74) is 2.51. The highest BCUT2D eigenvalue weighted by Crippen LogP contribution is 2.29. The highest BCUT2D eigenvalue weighted by molar-refractivity contribution is 5.92. The van der Waals surface area contributed by atoms with Gasteiger partial charge in [-0.1, -0.05) is 29.4 Å². The first kappa shape index (κ1) is 22.7. The van der Waals surface area contributed by atoms with E-state index in [1.807, 2.05) is 48.5 Å². The van der Waals surface area contributed by atoms with Crippen LogP contribution in [0.2, 0.25) is 0 Å². The summed E-state index contributed by atoms with van der Waals surface area (Å²) in [6.45, 7) is 1.18. The predicted octanol–water partition coefficient (Wildman–Crippen LogP) is 4.96. The van der Waals surface area contributed by atoms with Crippen LogP contribution in [0.3, 0.4) is 0 Å². The maximum absolute atomic E-state index is 13.2. The van der Waals surface area contributed by atoms with Gasteiger partial charge in [-0.05, 0) is 42.7 Å². The molecule has 8 heteroatoms. The van der Waals surface area contributed by atoms with Crippen LogP contribution in [0.4, 0.5) is 0 Å². The van der Waals surface area contributed by atoms with Crippen molar-refractivity contribution in [1.29, 1.82) is 0 Å². The summed E-state index contributed by atoms with van der Waals surface area (Å²) in [5.74, 6) is 3.05. The average molecular weight is 474 g/mol. The van der Waals surface area contributed by atoms with Crippen LogP contribution in [0.15, 0.2) is 69.7 Å². The minimum Gasteiger partial charge on any atom is -0.497 e. The number of carbonyl (C=O) groups excluding carboxylic acids is 1. The van der Waals surface area contributed by atoms with E-state index in [9.17, 15) is 4.79 Å². The van der Waals surface area contributed by atoms with Crippen LogP contribution in [-0.4, -0.2) is 48.3 Å². The van der Waals surface area contributed by atoms with Crippen LogP contribution >= 0.6 is 0 Å². The molecule has 1 saturated heterocycles. The average Bonchev–Trinajstić information content (AvgIpc) is 3.59. The molecule has 0 bridgehead atoms. The van der Waals surface area contributed by atoms with Gasteiger partial charge in [0, 0.05) is 31.1 Å². The molecule has 0 N–H and O–H groups in total. The monoisotopic (exact) mass is 473 g/mol. The Morgan fingerprint density at radius 3 is 2.71 bits per heavy atom. The Hall–Kier alpha value is -4.07. The maximum Gasteiger partial charge on any atom is 0.292 e. The van der Waals surface area contributed by atoms with E-state index in [0.29, 0.717) is 36.8 Å². The second-order valence-corrected chi connectivity index (χ2v) is 8.59. The van der Waals surface area contributed by atoms with E-state index in [2.05, 4.69) is 10.1 Å². The van der Waals surface area contributed by atoms with E-state index in [0.717, 1.165) is 35.5 Å². The number of benzene rings is 2. The van der Waals surface area contributed by atoms with Crippen molar-refractivity contribution < 1.29 is 23.2 Å². The zero-order valence-corrected chi connectivity index (χ0v) is 19.8. The van der Waals surface area contributed by atoms with Gasteiger partial charge >= 0.3 is 0 Å². The zero-order valence-electron chi connectivity index (χ0n) is 19.8. The first-order valence-corrected chi connectivity index (χ1v) is 11.6. The number of carbonyl (C=O) groups is 1. The molecule has 5 rings (SSSR count). The van der Waals surface area contributed by atoms with Gasteiger partial charge in [0.1, 0.15) is 23.0 Å². The summed E-state index contributed by atoms with van der Waals surface area (Å²) in [6.07, 6.45) is 4.17. The van der Waals surface area contributed by atoms with Crippen molar-refractivity contribution in [3.05, 3.63) is 83.8 Å². The smallest absolute Gasteiger partial charge is 0.292 e. The summed E-state index contributed by atoms with van der Waals surface area (Å²) >= 11 is 0. The predicted molar refractivity (Wildman–Crippen MR) is 129 cm³/mol. The first-order chi connectivity index (χ1) is 17.1. The fourth-order valence-electron chi connectivity index (χ4n) is 4.39. The number of piperidine rings is 1. The number of oxazole rings is 1. The Morgan fingerprint density at radius 1 is 1.09 bits per heavy atom. The standard InChI is InChI=1S/C27H27N3O5/c1-32-21-9-3-6-18(12-21)13-23-16-28-26(34-23)20-8-5-11-30(17-20)27(31)25-15-24(29-35-25)19-7-4-10-22(14-19)33-2/h3-4,6-7,9-10,12,14-16,20H,5,8,11,13,17H2,1-2H3. The van der Waals surface area contributed by atoms with Crippen LogP contribution in [0, 0.1) is 0 Å². The van der Waals surface area contributed by atoms with Gasteiger partial charge in [-0.25, -0.2) is 4.98 Å². The molecule has 0 aliphatic carbocycles. The van der Waals surface area contributed by atoms with Gasteiger partial charge in [-0.15, -0.1) is 0 Å². The summed E-state index contributed by atoms with van der Waals surface area (Å²) < 4.78 is 22.1. The molecule has 0 radical (unpaired) electrons. The molecule has 180 valence electrons. The van der Waals surface area contributed by atoms with E-state index < -0.39 is 0 Å². The van der Waals surface area contributed by atoms with E-state index in [1.54, 1.807) is 31.4 Å². The summed E-state index contributed by atoms with van der Waals surface area (Å²) in [4.78, 5) is 19.5. The van der Waals surface area contributed by atoms with Crippen molar-refractivity contribution in [2.45, 2.75) is 25.2 Å². The molecule has 1 unspecified atom stereocenters. The van der Waals surface area contributed by atoms with E-state index in [1.165, 1.54) is 0 Å². The van der Waals surface area contributed by atoms with E-state index in [-0.39, 0.29) is 17.6 Å². The Bertz CT molecular complexity index is 1310. The molecule has 1 aliphatic heterocycles. The Labute approximate surface area is 203 Å². The van der Waals surface area contributed by atoms with Gasteiger partial charge in [-0.3, -0.25) is 4.79 Å². The van der Waals surface area contributed by atoms with E-state index in [4.69, 9.17) is 18.4 Å². The molecule has 0 spiro atoms. The third-order valence-corrected chi connectivity index (χ3v) is 6.23. The highest BCUT2D eigenvalue weighted by atomic mass is 16.5. The van der Waals surface area contributed by atoms with Crippen molar-refractivity contribution in [1.82, 2.24) is 15.0 Å². The number of hydrogen-bond donors (Lipinski definition) is 0. The van der Waals surface area contributed by atoms with Gasteiger partial charge in [0.05, 0.1) is 26.3 Å². The third-order valence-electron chi connectivity index (χ3n) is 6.23. The maximum atomic E-state index is 13.2. The Kier molecular flexibility index (Phi) is 6.52. The fraction of sp³-hybridized carbons (Fsp3) is 0.296. The number of aromatic nitrogens is 2. The molecular formula is C27H27N3O5. The Morgan fingerprint density at radius 2 is 1.89 bits per heavy atom. The number of hydrogen-bond acceptors (Lipinski definition) is 7. The minimum atomic E-state index is -0.181. The minimum absolute atomic E-state index is 0.0348. The van der Waals surface area contributed by atoms with Crippen LogP contribution in [0.1, 0.15) is 46.5 Å². The Balaban J connectivity index is 1.25. The van der Waals surface area contributed by atoms with Gasteiger partial charge < -0.3 is 23.3 Å². The van der Waals surface area contributed by atoms with Gasteiger partial charge in [0.2, 0.25) is 5.76 Å². The quantitative estimate of drug-likeness (QED) is 0.375. The van der Waals surface area contributed by atoms with Crippen LogP contribution < -0.4 is 9.47 Å². The number of likely N-dealkylation sites (tertiary alicyclic amines) is 1. The summed E-state index contributed by atoms with van der Waals surface area (Å²) in [6, 6.07) is 17.1. The lowest BCUT2D eigenvalue weighted by Crippen LogP contribution is -2.39. The second kappa shape index (κ2) is 10.0. The summed E-state index contributed by atoms with van der Waals surface area (Å²) in [7, 11) is 3.26. The lowest BCUT2D eigenvalue weighted by molar-refractivity contribution is 0.0656. The second-order valence-electron chi connectivity index (χ2n) is 8.59. The van der Waals surface area contributed by atoms with Crippen LogP contribution in [0.25, 0.3) is 11.3 Å². The van der Waals surface area contributed by atoms with Gasteiger partial charge in [0.25, 0.3) is 5.91 Å². The lowest BCUT2D eigenvalue weighted by Gasteiger charge is -2.30. The largest absolute Gasteiger partial charge is 0.497 e. The number of nitrogens with zero attached hydrogens (tertiary/aromatic N) is 3. The number of methoxy groups -OCH3 is 2. The highest BCUT2D eigenvalue weighted by Gasteiger charge is 2.30. The van der Waals surface area contributed by atoms with Crippen LogP contribution in [0.5, 0.6) is 11.5 Å². The lowest BCUT2D eigenvalue weighted by atomic mass is 9.97. The van der Waals surface area contributed by atoms with Crippen molar-refractivity contribution in [2.24, 2.45) is 0 Å². The zero-order chi connectivity index (χ0) is 24.2. The van der Waals surface area contributed by atoms with Crippen molar-refractivity contribution >= 4 is 5.91 Å². The van der Waals surface area contributed by atoms with Crippen LogP contribution in [-0.2, 0) is 6.42 Å². The molecule has 1 aliphatic rings. The number of amides is 1. The molecule has 8 nitrogen and oxygen atoms in total. The molecule has 2 aromatic heterocycles. The molecule has 1 amide bonds. The number of ether oxygens (including phenoxy) is 2. The van der Waals surface area contributed by atoms with Crippen molar-refractivity contribution in [3.63, 3.8) is 0 Å². The normalized spacial score (nSPS) is 15.7. The molecule has 2 aromatic carbocycles.